The summed E-state index contributed by atoms with van der Waals surface area (Å²) in [5.74, 6) is -0.664. The number of esters is 1. The number of hydrogen-bond acceptors (Lipinski definition) is 4. The van der Waals surface area contributed by atoms with Crippen molar-refractivity contribution in [1.29, 1.82) is 0 Å². The summed E-state index contributed by atoms with van der Waals surface area (Å²) in [6.07, 6.45) is 1.65. The van der Waals surface area contributed by atoms with E-state index in [4.69, 9.17) is 10.5 Å². The Kier molecular flexibility index (Phi) is 6.45. The van der Waals surface area contributed by atoms with Gasteiger partial charge in [0.05, 0.1) is 7.11 Å². The lowest BCUT2D eigenvalue weighted by atomic mass is 9.96. The number of methoxy groups -OCH3 is 1. The zero-order valence-corrected chi connectivity index (χ0v) is 12.9. The second kappa shape index (κ2) is 7.85. The molecule has 21 heavy (non-hydrogen) atoms. The molecule has 0 aliphatic carbocycles. The summed E-state index contributed by atoms with van der Waals surface area (Å²) >= 11 is 0. The Hall–Kier alpha value is -1.79. The molecule has 1 aliphatic rings. The van der Waals surface area contributed by atoms with Crippen LogP contribution in [0, 0.1) is 11.8 Å². The maximum absolute atomic E-state index is 12.2. The van der Waals surface area contributed by atoms with Gasteiger partial charge in [0.1, 0.15) is 6.04 Å². The average Bonchev–Trinajstić information content (AvgIpc) is 2.45. The van der Waals surface area contributed by atoms with Crippen molar-refractivity contribution < 1.29 is 19.1 Å². The van der Waals surface area contributed by atoms with Crippen LogP contribution in [0.4, 0.5) is 4.79 Å². The van der Waals surface area contributed by atoms with Gasteiger partial charge < -0.3 is 20.7 Å². The van der Waals surface area contributed by atoms with Gasteiger partial charge in [0.25, 0.3) is 0 Å². The van der Waals surface area contributed by atoms with E-state index >= 15 is 0 Å². The maximum Gasteiger partial charge on any atom is 0.328 e. The lowest BCUT2D eigenvalue weighted by molar-refractivity contribution is -0.143. The van der Waals surface area contributed by atoms with Crippen LogP contribution in [0.2, 0.25) is 0 Å². The van der Waals surface area contributed by atoms with Crippen molar-refractivity contribution >= 4 is 17.9 Å². The summed E-state index contributed by atoms with van der Waals surface area (Å²) in [5, 5.41) is 2.71. The van der Waals surface area contributed by atoms with E-state index in [-0.39, 0.29) is 23.8 Å². The minimum atomic E-state index is -0.642. The van der Waals surface area contributed by atoms with Gasteiger partial charge in [-0.3, -0.25) is 4.79 Å². The fraction of sp³-hybridized carbons (Fsp3) is 0.786. The number of piperidine rings is 1. The maximum atomic E-state index is 12.2. The number of nitrogens with zero attached hydrogens (tertiary/aromatic N) is 1. The second-order valence-electron chi connectivity index (χ2n) is 5.82. The van der Waals surface area contributed by atoms with Crippen LogP contribution in [0.5, 0.6) is 0 Å². The number of carbonyl (C=O) groups is 3. The third-order valence-electron chi connectivity index (χ3n) is 3.68. The summed E-state index contributed by atoms with van der Waals surface area (Å²) in [5.41, 5.74) is 5.26. The van der Waals surface area contributed by atoms with Crippen LogP contribution in [0.3, 0.4) is 0 Å². The van der Waals surface area contributed by atoms with E-state index in [0.29, 0.717) is 32.4 Å². The number of rotatable bonds is 5. The average molecular weight is 299 g/mol. The smallest absolute Gasteiger partial charge is 0.328 e. The molecule has 0 radical (unpaired) electrons. The van der Waals surface area contributed by atoms with E-state index in [9.17, 15) is 14.4 Å². The number of primary amides is 1. The van der Waals surface area contributed by atoms with Crippen molar-refractivity contribution in [2.24, 2.45) is 17.6 Å². The van der Waals surface area contributed by atoms with Crippen molar-refractivity contribution in [3.63, 3.8) is 0 Å². The zero-order valence-electron chi connectivity index (χ0n) is 12.9. The standard InChI is InChI=1S/C14H25N3O4/c1-9(2)8-11(13(19)21-3)16-14(20)17-6-4-10(5-7-17)12(15)18/h9-11H,4-8H2,1-3H3,(H2,15,18)(H,16,20)/t11-/m0/s1. The van der Waals surface area contributed by atoms with E-state index in [0.717, 1.165) is 0 Å². The first-order valence-electron chi connectivity index (χ1n) is 7.27. The summed E-state index contributed by atoms with van der Waals surface area (Å²) < 4.78 is 4.72. The Morgan fingerprint density at radius 3 is 2.29 bits per heavy atom. The quantitative estimate of drug-likeness (QED) is 0.721. The molecule has 0 unspecified atom stereocenters. The van der Waals surface area contributed by atoms with E-state index in [2.05, 4.69) is 5.32 Å². The fourth-order valence-electron chi connectivity index (χ4n) is 2.44. The first kappa shape index (κ1) is 17.3. The highest BCUT2D eigenvalue weighted by Crippen LogP contribution is 2.17. The topological polar surface area (TPSA) is 102 Å². The zero-order chi connectivity index (χ0) is 16.0. The predicted octanol–water partition coefficient (Wildman–Crippen LogP) is 0.481. The molecule has 120 valence electrons. The van der Waals surface area contributed by atoms with Gasteiger partial charge in [-0.1, -0.05) is 13.8 Å². The first-order valence-corrected chi connectivity index (χ1v) is 7.27. The highest BCUT2D eigenvalue weighted by atomic mass is 16.5. The molecular formula is C14H25N3O4. The molecule has 7 nitrogen and oxygen atoms in total. The van der Waals surface area contributed by atoms with Gasteiger partial charge >= 0.3 is 12.0 Å². The Morgan fingerprint density at radius 1 is 1.29 bits per heavy atom. The summed E-state index contributed by atoms with van der Waals surface area (Å²) in [7, 11) is 1.31. The molecule has 7 heteroatoms. The number of hydrogen-bond donors (Lipinski definition) is 2. The Labute approximate surface area is 125 Å². The number of amides is 3. The largest absolute Gasteiger partial charge is 0.467 e. The normalized spacial score (nSPS) is 17.4. The number of likely N-dealkylation sites (tertiary alicyclic amines) is 1. The Balaban J connectivity index is 2.54. The number of ether oxygens (including phenoxy) is 1. The van der Waals surface area contributed by atoms with Gasteiger partial charge in [0.15, 0.2) is 0 Å². The molecule has 3 N–H and O–H groups in total. The highest BCUT2D eigenvalue weighted by molar-refractivity contribution is 5.84. The van der Waals surface area contributed by atoms with Gasteiger partial charge in [-0.2, -0.15) is 0 Å². The molecule has 0 aromatic rings. The molecule has 1 heterocycles. The molecule has 1 atom stereocenters. The molecule has 1 aliphatic heterocycles. The first-order chi connectivity index (χ1) is 9.85. The second-order valence-corrected chi connectivity index (χ2v) is 5.82. The van der Waals surface area contributed by atoms with Gasteiger partial charge in [-0.25, -0.2) is 9.59 Å². The summed E-state index contributed by atoms with van der Waals surface area (Å²) in [6.45, 7) is 4.88. The van der Waals surface area contributed by atoms with Crippen LogP contribution in [-0.4, -0.2) is 49.0 Å². The summed E-state index contributed by atoms with van der Waals surface area (Å²) in [4.78, 5) is 36.6. The van der Waals surface area contributed by atoms with Crippen LogP contribution in [0.25, 0.3) is 0 Å². The van der Waals surface area contributed by atoms with Crippen molar-refractivity contribution in [2.75, 3.05) is 20.2 Å². The van der Waals surface area contributed by atoms with Crippen molar-refractivity contribution in [3.05, 3.63) is 0 Å². The predicted molar refractivity (Wildman–Crippen MR) is 77.3 cm³/mol. The molecule has 0 saturated carbocycles. The SMILES string of the molecule is COC(=O)[C@H](CC(C)C)NC(=O)N1CCC(C(N)=O)CC1. The molecular weight excluding hydrogens is 274 g/mol. The number of nitrogens with one attached hydrogen (secondary N) is 1. The van der Waals surface area contributed by atoms with Crippen molar-refractivity contribution in [2.45, 2.75) is 39.2 Å². The van der Waals surface area contributed by atoms with Gasteiger partial charge in [0, 0.05) is 19.0 Å². The minimum Gasteiger partial charge on any atom is -0.467 e. The lowest BCUT2D eigenvalue weighted by Gasteiger charge is -2.31. The fourth-order valence-corrected chi connectivity index (χ4v) is 2.44. The minimum absolute atomic E-state index is 0.166. The molecule has 1 fully saturated rings. The Bertz CT molecular complexity index is 390. The van der Waals surface area contributed by atoms with E-state index < -0.39 is 12.0 Å². The molecule has 0 spiro atoms. The van der Waals surface area contributed by atoms with Crippen LogP contribution < -0.4 is 11.1 Å². The highest BCUT2D eigenvalue weighted by Gasteiger charge is 2.29. The number of urea groups is 1. The third kappa shape index (κ3) is 5.24. The van der Waals surface area contributed by atoms with E-state index in [1.807, 2.05) is 13.8 Å². The van der Waals surface area contributed by atoms with Crippen LogP contribution in [0.15, 0.2) is 0 Å². The van der Waals surface area contributed by atoms with Crippen LogP contribution >= 0.6 is 0 Å². The number of carbonyl (C=O) groups excluding carboxylic acids is 3. The van der Waals surface area contributed by atoms with Gasteiger partial charge in [-0.15, -0.1) is 0 Å². The number of nitrogens with two attached hydrogens (primary N) is 1. The van der Waals surface area contributed by atoms with Crippen molar-refractivity contribution in [1.82, 2.24) is 10.2 Å². The summed E-state index contributed by atoms with van der Waals surface area (Å²) in [6, 6.07) is -0.940. The molecule has 0 aromatic heterocycles. The van der Waals surface area contributed by atoms with Crippen molar-refractivity contribution in [3.8, 4) is 0 Å². The molecule has 0 bridgehead atoms. The van der Waals surface area contributed by atoms with Gasteiger partial charge in [-0.05, 0) is 25.2 Å². The van der Waals surface area contributed by atoms with Gasteiger partial charge in [0.2, 0.25) is 5.91 Å². The molecule has 1 rings (SSSR count). The lowest BCUT2D eigenvalue weighted by Crippen LogP contribution is -2.51. The van der Waals surface area contributed by atoms with Crippen LogP contribution in [0.1, 0.15) is 33.1 Å². The molecule has 0 aromatic carbocycles. The van der Waals surface area contributed by atoms with E-state index in [1.54, 1.807) is 4.90 Å². The third-order valence-corrected chi connectivity index (χ3v) is 3.68. The van der Waals surface area contributed by atoms with E-state index in [1.165, 1.54) is 7.11 Å². The molecule has 1 saturated heterocycles. The molecule has 3 amide bonds. The Morgan fingerprint density at radius 2 is 1.86 bits per heavy atom. The monoisotopic (exact) mass is 299 g/mol. The van der Waals surface area contributed by atoms with Crippen LogP contribution in [-0.2, 0) is 14.3 Å².